The third-order valence-corrected chi connectivity index (χ3v) is 8.04. The van der Waals surface area contributed by atoms with Crippen LogP contribution in [0.4, 0.5) is 28.4 Å². The number of hydrogen-bond donors (Lipinski definition) is 0. The SMILES string of the molecule is C[N+](C)(C)c1ccc(C#Cc2ccc(N(c3ccc(I)cc3)c3ccc(C#Cc4ccc([N+](C)(C)C)cc4)cc3)cc2)cc1. The lowest BCUT2D eigenvalue weighted by molar-refractivity contribution is 0.486. The van der Waals surface area contributed by atoms with Crippen LogP contribution in [0.1, 0.15) is 22.3 Å². The van der Waals surface area contributed by atoms with Crippen molar-refractivity contribution in [1.29, 1.82) is 0 Å². The first-order valence-corrected chi connectivity index (χ1v) is 15.7. The van der Waals surface area contributed by atoms with Gasteiger partial charge in [0.25, 0.3) is 0 Å². The average Bonchev–Trinajstić information content (AvgIpc) is 3.01. The van der Waals surface area contributed by atoms with E-state index < -0.39 is 0 Å². The van der Waals surface area contributed by atoms with E-state index in [1.165, 1.54) is 14.9 Å². The van der Waals surface area contributed by atoms with Gasteiger partial charge >= 0.3 is 0 Å². The minimum atomic E-state index is 0.786. The van der Waals surface area contributed by atoms with Crippen molar-refractivity contribution in [3.63, 3.8) is 0 Å². The van der Waals surface area contributed by atoms with Crippen LogP contribution in [0.3, 0.4) is 0 Å². The summed E-state index contributed by atoms with van der Waals surface area (Å²) in [5.74, 6) is 13.3. The molecule has 0 aliphatic carbocycles. The van der Waals surface area contributed by atoms with Gasteiger partial charge in [-0.3, -0.25) is 8.97 Å². The zero-order chi connectivity index (χ0) is 31.3. The molecule has 0 bridgehead atoms. The van der Waals surface area contributed by atoms with Crippen LogP contribution in [0, 0.1) is 27.3 Å². The van der Waals surface area contributed by atoms with Gasteiger partial charge in [-0.05, 0) is 120 Å². The second-order valence-electron chi connectivity index (χ2n) is 12.5. The summed E-state index contributed by atoms with van der Waals surface area (Å²) in [5, 5.41) is 0. The van der Waals surface area contributed by atoms with Crippen molar-refractivity contribution in [3.05, 3.63) is 147 Å². The Balaban J connectivity index is 1.38. The van der Waals surface area contributed by atoms with E-state index >= 15 is 0 Å². The topological polar surface area (TPSA) is 3.24 Å². The highest BCUT2D eigenvalue weighted by Crippen LogP contribution is 2.35. The molecule has 0 N–H and O–H groups in total. The van der Waals surface area contributed by atoms with E-state index in [0.29, 0.717) is 0 Å². The number of hydrogen-bond acceptors (Lipinski definition) is 1. The Morgan fingerprint density at radius 1 is 0.386 bits per heavy atom. The van der Waals surface area contributed by atoms with Gasteiger partial charge in [0.05, 0.1) is 42.3 Å². The molecule has 4 heteroatoms. The molecule has 0 fully saturated rings. The zero-order valence-electron chi connectivity index (χ0n) is 26.3. The first-order chi connectivity index (χ1) is 21.0. The fourth-order valence-electron chi connectivity index (χ4n) is 4.70. The second-order valence-corrected chi connectivity index (χ2v) is 13.8. The van der Waals surface area contributed by atoms with Crippen LogP contribution in [0.2, 0.25) is 0 Å². The Hall–Kier alpha value is -4.33. The zero-order valence-corrected chi connectivity index (χ0v) is 28.4. The number of rotatable bonds is 5. The largest absolute Gasteiger partial charge is 0.311 e. The van der Waals surface area contributed by atoms with Crippen LogP contribution < -0.4 is 13.9 Å². The molecular weight excluding hydrogens is 649 g/mol. The molecule has 5 aromatic rings. The van der Waals surface area contributed by atoms with Crippen molar-refractivity contribution in [2.24, 2.45) is 0 Å². The van der Waals surface area contributed by atoms with E-state index in [2.05, 4.69) is 215 Å². The molecule has 0 heterocycles. The van der Waals surface area contributed by atoms with Crippen molar-refractivity contribution in [2.45, 2.75) is 0 Å². The highest BCUT2D eigenvalue weighted by Gasteiger charge is 2.13. The van der Waals surface area contributed by atoms with Gasteiger partial charge in [-0.1, -0.05) is 23.7 Å². The van der Waals surface area contributed by atoms with Crippen LogP contribution in [-0.2, 0) is 0 Å². The number of anilines is 3. The molecule has 0 aromatic heterocycles. The van der Waals surface area contributed by atoms with Crippen molar-refractivity contribution >= 4 is 51.0 Å². The first kappa shape index (κ1) is 31.1. The summed E-state index contributed by atoms with van der Waals surface area (Å²) >= 11 is 2.35. The number of quaternary nitrogens is 2. The Labute approximate surface area is 276 Å². The van der Waals surface area contributed by atoms with Crippen LogP contribution in [0.15, 0.2) is 121 Å². The van der Waals surface area contributed by atoms with Crippen molar-refractivity contribution < 1.29 is 0 Å². The Morgan fingerprint density at radius 3 is 0.909 bits per heavy atom. The third kappa shape index (κ3) is 7.98. The molecule has 0 saturated heterocycles. The maximum absolute atomic E-state index is 3.33. The summed E-state index contributed by atoms with van der Waals surface area (Å²) in [7, 11) is 13.0. The maximum Gasteiger partial charge on any atom is 0.132 e. The predicted octanol–water partition coefficient (Wildman–Crippen LogP) is 8.95. The lowest BCUT2D eigenvalue weighted by atomic mass is 10.1. The molecule has 0 atom stereocenters. The second kappa shape index (κ2) is 13.1. The van der Waals surface area contributed by atoms with Gasteiger partial charge in [0.15, 0.2) is 0 Å². The molecule has 3 nitrogen and oxygen atoms in total. The van der Waals surface area contributed by atoms with Gasteiger partial charge in [-0.25, -0.2) is 0 Å². The Bertz CT molecular complexity index is 1720. The number of benzene rings is 5. The molecule has 5 rings (SSSR count). The molecule has 0 aliphatic heterocycles. The van der Waals surface area contributed by atoms with Crippen LogP contribution in [-0.4, -0.2) is 42.3 Å². The van der Waals surface area contributed by atoms with Gasteiger partial charge in [-0.2, -0.15) is 0 Å². The summed E-state index contributed by atoms with van der Waals surface area (Å²) in [6.45, 7) is 0. The van der Waals surface area contributed by atoms with Gasteiger partial charge in [-0.15, -0.1) is 0 Å². The smallest absolute Gasteiger partial charge is 0.132 e. The molecule has 0 saturated carbocycles. The van der Waals surface area contributed by atoms with Gasteiger partial charge < -0.3 is 4.90 Å². The number of nitrogens with zero attached hydrogens (tertiary/aromatic N) is 3. The van der Waals surface area contributed by atoms with Crippen molar-refractivity contribution in [2.75, 3.05) is 47.2 Å². The highest BCUT2D eigenvalue weighted by molar-refractivity contribution is 14.1. The normalized spacial score (nSPS) is 11.2. The van der Waals surface area contributed by atoms with Gasteiger partial charge in [0, 0.05) is 67.2 Å². The summed E-state index contributed by atoms with van der Waals surface area (Å²) in [5.41, 5.74) is 9.71. The summed E-state index contributed by atoms with van der Waals surface area (Å²) in [6.07, 6.45) is 0. The minimum absolute atomic E-state index is 0.786. The van der Waals surface area contributed by atoms with Gasteiger partial charge in [0.2, 0.25) is 0 Å². The third-order valence-electron chi connectivity index (χ3n) is 7.32. The van der Waals surface area contributed by atoms with E-state index in [0.717, 1.165) is 48.3 Å². The van der Waals surface area contributed by atoms with E-state index in [9.17, 15) is 0 Å². The van der Waals surface area contributed by atoms with E-state index in [4.69, 9.17) is 0 Å². The van der Waals surface area contributed by atoms with E-state index in [1.807, 2.05) is 0 Å². The van der Waals surface area contributed by atoms with Crippen molar-refractivity contribution in [1.82, 2.24) is 8.97 Å². The van der Waals surface area contributed by atoms with E-state index in [-0.39, 0.29) is 0 Å². The van der Waals surface area contributed by atoms with E-state index in [1.54, 1.807) is 0 Å². The quantitative estimate of drug-likeness (QED) is 0.101. The van der Waals surface area contributed by atoms with Crippen LogP contribution >= 0.6 is 22.6 Å². The Kier molecular flexibility index (Phi) is 9.28. The monoisotopic (exact) mass is 687 g/mol. The standard InChI is InChI=1S/C40H38IN3/c1-43(2,3)39-27-15-33(16-28-39)9-7-31-11-21-36(22-12-31)42(38-25-19-35(41)20-26-38)37-23-13-32(14-24-37)8-10-34-17-29-40(30-18-34)44(4,5)6/h11-30H,1-6H3/q+2. The predicted molar refractivity (Wildman–Crippen MR) is 198 cm³/mol. The molecule has 5 aromatic carbocycles. The fourth-order valence-corrected chi connectivity index (χ4v) is 5.06. The molecule has 0 spiro atoms. The maximum atomic E-state index is 3.33. The lowest BCUT2D eigenvalue weighted by Gasteiger charge is -2.25. The molecule has 0 radical (unpaired) electrons. The summed E-state index contributed by atoms with van der Waals surface area (Å²) < 4.78 is 2.77. The highest BCUT2D eigenvalue weighted by atomic mass is 127. The van der Waals surface area contributed by atoms with Crippen LogP contribution in [0.25, 0.3) is 0 Å². The van der Waals surface area contributed by atoms with Gasteiger partial charge in [0.1, 0.15) is 11.4 Å². The summed E-state index contributed by atoms with van der Waals surface area (Å²) in [6, 6.07) is 42.4. The first-order valence-electron chi connectivity index (χ1n) is 14.6. The average molecular weight is 688 g/mol. The molecule has 0 unspecified atom stereocenters. The lowest BCUT2D eigenvalue weighted by Crippen LogP contribution is -2.34. The summed E-state index contributed by atoms with van der Waals surface area (Å²) in [4.78, 5) is 2.26. The fraction of sp³-hybridized carbons (Fsp3) is 0.150. The Morgan fingerprint density at radius 2 is 0.636 bits per heavy atom. The molecular formula is C40H38IN3+2. The minimum Gasteiger partial charge on any atom is -0.311 e. The molecule has 0 aliphatic rings. The van der Waals surface area contributed by atoms with Crippen molar-refractivity contribution in [3.8, 4) is 23.7 Å². The number of halogens is 1. The molecule has 218 valence electrons. The molecule has 0 amide bonds. The molecule has 44 heavy (non-hydrogen) atoms. The van der Waals surface area contributed by atoms with Crippen LogP contribution in [0.5, 0.6) is 0 Å².